The van der Waals surface area contributed by atoms with Gasteiger partial charge >= 0.3 is 0 Å². The lowest BCUT2D eigenvalue weighted by molar-refractivity contribution is 0.550. The number of rotatable bonds is 3. The van der Waals surface area contributed by atoms with Crippen LogP contribution in [0.3, 0.4) is 0 Å². The van der Waals surface area contributed by atoms with Gasteiger partial charge in [-0.3, -0.25) is 0 Å². The summed E-state index contributed by atoms with van der Waals surface area (Å²) in [5.41, 5.74) is 0.604. The Hall–Kier alpha value is -0.850. The van der Waals surface area contributed by atoms with E-state index in [-0.39, 0.29) is 14.5 Å². The van der Waals surface area contributed by atoms with Crippen molar-refractivity contribution in [2.24, 2.45) is 0 Å². The van der Waals surface area contributed by atoms with Crippen molar-refractivity contribution in [2.45, 2.75) is 6.04 Å². The van der Waals surface area contributed by atoms with Gasteiger partial charge in [0.1, 0.15) is 17.5 Å². The average molecular weight is 409 g/mol. The van der Waals surface area contributed by atoms with E-state index in [1.807, 2.05) is 0 Å². The lowest BCUT2D eigenvalue weighted by Gasteiger charge is -2.20. The number of hydrogen-bond acceptors (Lipinski definition) is 1. The molecule has 2 aromatic carbocycles. The molecule has 1 N–H and O–H groups in total. The second kappa shape index (κ2) is 6.28. The van der Waals surface area contributed by atoms with Gasteiger partial charge in [0.15, 0.2) is 0 Å². The van der Waals surface area contributed by atoms with Gasteiger partial charge in [-0.25, -0.2) is 13.2 Å². The Morgan fingerprint density at radius 2 is 1.65 bits per heavy atom. The second-order valence-electron chi connectivity index (χ2n) is 4.15. The van der Waals surface area contributed by atoms with Gasteiger partial charge in [-0.1, -0.05) is 12.1 Å². The molecule has 0 aliphatic rings. The monoisotopic (exact) mass is 407 g/mol. The Kier molecular flexibility index (Phi) is 4.88. The Bertz CT molecular complexity index is 647. The topological polar surface area (TPSA) is 12.0 Å². The number of hydrogen-bond donors (Lipinski definition) is 1. The molecule has 1 atom stereocenters. The summed E-state index contributed by atoms with van der Waals surface area (Å²) >= 11 is 6.06. The van der Waals surface area contributed by atoms with Crippen LogP contribution in [0.25, 0.3) is 0 Å². The number of nitrogens with one attached hydrogen (secondary N) is 1. The zero-order valence-corrected chi connectivity index (χ0v) is 13.5. The highest BCUT2D eigenvalue weighted by atomic mass is 79.9. The lowest BCUT2D eigenvalue weighted by Crippen LogP contribution is -2.20. The van der Waals surface area contributed by atoms with Gasteiger partial charge in [-0.2, -0.15) is 0 Å². The quantitative estimate of drug-likeness (QED) is 0.709. The summed E-state index contributed by atoms with van der Waals surface area (Å²) in [5.74, 6) is -1.61. The van der Waals surface area contributed by atoms with Crippen molar-refractivity contribution in [1.29, 1.82) is 0 Å². The van der Waals surface area contributed by atoms with E-state index in [1.165, 1.54) is 12.1 Å². The molecule has 106 valence electrons. The molecule has 1 unspecified atom stereocenters. The highest BCUT2D eigenvalue weighted by Crippen LogP contribution is 2.33. The molecule has 0 radical (unpaired) electrons. The molecule has 0 heterocycles. The molecule has 2 rings (SSSR count). The van der Waals surface area contributed by atoms with Crippen molar-refractivity contribution in [1.82, 2.24) is 5.32 Å². The molecular formula is C14H10Br2F3N. The molecule has 1 nitrogen and oxygen atoms in total. The van der Waals surface area contributed by atoms with Gasteiger partial charge in [0.2, 0.25) is 0 Å². The summed E-state index contributed by atoms with van der Waals surface area (Å²) in [6, 6.07) is 5.95. The Morgan fingerprint density at radius 3 is 2.30 bits per heavy atom. The van der Waals surface area contributed by atoms with E-state index in [1.54, 1.807) is 13.1 Å². The van der Waals surface area contributed by atoms with Gasteiger partial charge < -0.3 is 5.32 Å². The first-order valence-electron chi connectivity index (χ1n) is 5.71. The van der Waals surface area contributed by atoms with E-state index in [0.29, 0.717) is 5.56 Å². The van der Waals surface area contributed by atoms with Crippen molar-refractivity contribution in [3.8, 4) is 0 Å². The molecule has 0 saturated heterocycles. The van der Waals surface area contributed by atoms with Crippen LogP contribution in [0.2, 0.25) is 0 Å². The number of halogens is 5. The SMILES string of the molecule is CNC(c1cc(F)c(Br)cc1F)c1cccc(F)c1Br. The zero-order valence-electron chi connectivity index (χ0n) is 10.4. The lowest BCUT2D eigenvalue weighted by atomic mass is 9.98. The summed E-state index contributed by atoms with van der Waals surface area (Å²) in [5, 5.41) is 2.87. The van der Waals surface area contributed by atoms with Crippen molar-refractivity contribution in [2.75, 3.05) is 7.05 Å². The van der Waals surface area contributed by atoms with Gasteiger partial charge in [0, 0.05) is 5.56 Å². The van der Waals surface area contributed by atoms with E-state index in [0.717, 1.165) is 12.1 Å². The Morgan fingerprint density at radius 1 is 0.950 bits per heavy atom. The van der Waals surface area contributed by atoms with Gasteiger partial charge in [0.05, 0.1) is 15.0 Å². The van der Waals surface area contributed by atoms with E-state index < -0.39 is 23.5 Å². The fourth-order valence-electron chi connectivity index (χ4n) is 1.98. The molecule has 6 heteroatoms. The first kappa shape index (κ1) is 15.5. The summed E-state index contributed by atoms with van der Waals surface area (Å²) in [6.07, 6.45) is 0. The largest absolute Gasteiger partial charge is 0.309 e. The smallest absolute Gasteiger partial charge is 0.137 e. The first-order chi connectivity index (χ1) is 9.45. The van der Waals surface area contributed by atoms with Crippen LogP contribution in [0.5, 0.6) is 0 Å². The van der Waals surface area contributed by atoms with Gasteiger partial charge in [0.25, 0.3) is 0 Å². The molecule has 0 aromatic heterocycles. The fraction of sp³-hybridized carbons (Fsp3) is 0.143. The Labute approximate surface area is 131 Å². The highest BCUT2D eigenvalue weighted by molar-refractivity contribution is 9.10. The maximum atomic E-state index is 14.0. The van der Waals surface area contributed by atoms with Crippen molar-refractivity contribution < 1.29 is 13.2 Å². The molecular weight excluding hydrogens is 399 g/mol. The van der Waals surface area contributed by atoms with Gasteiger partial charge in [-0.15, -0.1) is 0 Å². The molecule has 0 bridgehead atoms. The van der Waals surface area contributed by atoms with E-state index in [4.69, 9.17) is 0 Å². The van der Waals surface area contributed by atoms with E-state index >= 15 is 0 Å². The highest BCUT2D eigenvalue weighted by Gasteiger charge is 2.21. The summed E-state index contributed by atoms with van der Waals surface area (Å²) in [6.45, 7) is 0. The third-order valence-corrected chi connectivity index (χ3v) is 4.38. The van der Waals surface area contributed by atoms with Crippen LogP contribution in [0.1, 0.15) is 17.2 Å². The number of benzene rings is 2. The molecule has 0 spiro atoms. The van der Waals surface area contributed by atoms with Crippen LogP contribution < -0.4 is 5.32 Å². The normalized spacial score (nSPS) is 12.5. The van der Waals surface area contributed by atoms with Crippen LogP contribution in [0, 0.1) is 17.5 Å². The van der Waals surface area contributed by atoms with E-state index in [2.05, 4.69) is 37.2 Å². The zero-order chi connectivity index (χ0) is 14.9. The third kappa shape index (κ3) is 2.92. The Balaban J connectivity index is 2.58. The maximum Gasteiger partial charge on any atom is 0.137 e. The summed E-state index contributed by atoms with van der Waals surface area (Å²) in [4.78, 5) is 0. The van der Waals surface area contributed by atoms with Crippen LogP contribution >= 0.6 is 31.9 Å². The fourth-order valence-corrected chi connectivity index (χ4v) is 2.79. The van der Waals surface area contributed by atoms with Crippen LogP contribution in [-0.4, -0.2) is 7.05 Å². The maximum absolute atomic E-state index is 14.0. The predicted molar refractivity (Wildman–Crippen MR) is 79.1 cm³/mol. The van der Waals surface area contributed by atoms with Crippen molar-refractivity contribution >= 4 is 31.9 Å². The molecule has 0 amide bonds. The minimum Gasteiger partial charge on any atom is -0.309 e. The van der Waals surface area contributed by atoms with Gasteiger partial charge in [-0.05, 0) is 62.7 Å². The van der Waals surface area contributed by atoms with Crippen LogP contribution in [0.4, 0.5) is 13.2 Å². The second-order valence-corrected chi connectivity index (χ2v) is 5.80. The van der Waals surface area contributed by atoms with Crippen LogP contribution in [0.15, 0.2) is 39.3 Å². The minimum absolute atomic E-state index is 0.0481. The summed E-state index contributed by atoms with van der Waals surface area (Å²) in [7, 11) is 1.60. The first-order valence-corrected chi connectivity index (χ1v) is 7.30. The van der Waals surface area contributed by atoms with Crippen LogP contribution in [-0.2, 0) is 0 Å². The summed E-state index contributed by atoms with van der Waals surface area (Å²) < 4.78 is 41.5. The van der Waals surface area contributed by atoms with E-state index in [9.17, 15) is 13.2 Å². The molecule has 0 aliphatic heterocycles. The standard InChI is InChI=1S/C14H10Br2F3N/c1-20-14(7-3-2-4-10(17)13(7)16)8-5-12(19)9(15)6-11(8)18/h2-6,14,20H,1H3. The molecule has 0 fully saturated rings. The van der Waals surface area contributed by atoms with Crippen molar-refractivity contribution in [3.63, 3.8) is 0 Å². The minimum atomic E-state index is -0.664. The third-order valence-electron chi connectivity index (χ3n) is 2.93. The predicted octanol–water partition coefficient (Wildman–Crippen LogP) is 4.94. The molecule has 0 saturated carbocycles. The molecule has 2 aromatic rings. The van der Waals surface area contributed by atoms with Crippen molar-refractivity contribution in [3.05, 3.63) is 67.9 Å². The average Bonchev–Trinajstić information content (AvgIpc) is 2.41. The molecule has 20 heavy (non-hydrogen) atoms. The molecule has 0 aliphatic carbocycles.